The highest BCUT2D eigenvalue weighted by Gasteiger charge is 2.19. The monoisotopic (exact) mass is 346 g/mol. The number of aromatic amines is 1. The molecule has 3 rings (SSSR count). The van der Waals surface area contributed by atoms with Crippen molar-refractivity contribution in [3.8, 4) is 11.5 Å². The second-order valence-corrected chi connectivity index (χ2v) is 5.50. The lowest BCUT2D eigenvalue weighted by atomic mass is 10.2. The van der Waals surface area contributed by atoms with Crippen molar-refractivity contribution in [3.05, 3.63) is 56.7 Å². The molecule has 0 aliphatic rings. The number of nitrogens with zero attached hydrogens (tertiary/aromatic N) is 4. The van der Waals surface area contributed by atoms with E-state index >= 15 is 0 Å². The SMILES string of the molecule is Nc1cc(=O)[nH]c(SCc2nnc(-c3ccccc3[N+](=O)[O-])o2)n1. The van der Waals surface area contributed by atoms with Gasteiger partial charge in [0.2, 0.25) is 5.89 Å². The van der Waals surface area contributed by atoms with Crippen LogP contribution in [0, 0.1) is 10.1 Å². The molecule has 122 valence electrons. The fourth-order valence-corrected chi connectivity index (χ4v) is 2.61. The number of anilines is 1. The molecule has 10 nitrogen and oxygen atoms in total. The normalized spacial score (nSPS) is 10.7. The number of nitrogen functional groups attached to an aromatic ring is 1. The minimum absolute atomic E-state index is 0.0481. The summed E-state index contributed by atoms with van der Waals surface area (Å²) in [6.07, 6.45) is 0. The van der Waals surface area contributed by atoms with Crippen LogP contribution in [0.1, 0.15) is 5.89 Å². The summed E-state index contributed by atoms with van der Waals surface area (Å²) in [5.74, 6) is 0.609. The van der Waals surface area contributed by atoms with Crippen LogP contribution < -0.4 is 11.3 Å². The Morgan fingerprint density at radius 3 is 2.88 bits per heavy atom. The summed E-state index contributed by atoms with van der Waals surface area (Å²) in [5.41, 5.74) is 5.24. The highest BCUT2D eigenvalue weighted by molar-refractivity contribution is 7.98. The quantitative estimate of drug-likeness (QED) is 0.303. The number of nitro groups is 1. The molecule has 2 aromatic heterocycles. The van der Waals surface area contributed by atoms with E-state index in [4.69, 9.17) is 10.2 Å². The summed E-state index contributed by atoms with van der Waals surface area (Å²) in [6, 6.07) is 7.25. The molecule has 0 saturated heterocycles. The second kappa shape index (κ2) is 6.50. The van der Waals surface area contributed by atoms with Crippen molar-refractivity contribution >= 4 is 23.3 Å². The van der Waals surface area contributed by atoms with Crippen molar-refractivity contribution in [2.24, 2.45) is 0 Å². The van der Waals surface area contributed by atoms with E-state index < -0.39 is 4.92 Å². The Hall–Kier alpha value is -3.21. The molecule has 0 saturated carbocycles. The van der Waals surface area contributed by atoms with Gasteiger partial charge in [-0.1, -0.05) is 23.9 Å². The Morgan fingerprint density at radius 2 is 2.12 bits per heavy atom. The molecule has 11 heteroatoms. The first-order valence-corrected chi connectivity index (χ1v) is 7.57. The molecule has 3 aromatic rings. The van der Waals surface area contributed by atoms with Gasteiger partial charge in [0, 0.05) is 12.1 Å². The number of aromatic nitrogens is 4. The van der Waals surface area contributed by atoms with E-state index in [0.29, 0.717) is 5.16 Å². The molecule has 0 atom stereocenters. The molecule has 0 bridgehead atoms. The van der Waals surface area contributed by atoms with Crippen LogP contribution in [0.4, 0.5) is 11.5 Å². The van der Waals surface area contributed by atoms with Crippen molar-refractivity contribution in [1.82, 2.24) is 20.2 Å². The van der Waals surface area contributed by atoms with Crippen molar-refractivity contribution in [2.75, 3.05) is 5.73 Å². The van der Waals surface area contributed by atoms with Crippen molar-refractivity contribution in [1.29, 1.82) is 0 Å². The summed E-state index contributed by atoms with van der Waals surface area (Å²) in [6.45, 7) is 0. The van der Waals surface area contributed by atoms with Gasteiger partial charge in [0.15, 0.2) is 5.16 Å². The predicted molar refractivity (Wildman–Crippen MR) is 85.2 cm³/mol. The summed E-state index contributed by atoms with van der Waals surface area (Å²) in [5, 5.41) is 19.0. The number of nitro benzene ring substituents is 1. The zero-order valence-corrected chi connectivity index (χ0v) is 12.8. The lowest BCUT2D eigenvalue weighted by Gasteiger charge is -1.99. The standard InChI is InChI=1S/C13H10N6O4S/c14-9-5-10(20)16-13(15-9)24-6-11-17-18-12(23-11)7-3-1-2-4-8(7)19(21)22/h1-5H,6H2,(H3,14,15,16,20). The summed E-state index contributed by atoms with van der Waals surface area (Å²) >= 11 is 1.14. The fourth-order valence-electron chi connectivity index (χ4n) is 1.89. The molecule has 1 aromatic carbocycles. The first kappa shape index (κ1) is 15.7. The number of rotatable bonds is 5. The van der Waals surface area contributed by atoms with Gasteiger partial charge in [0.25, 0.3) is 17.1 Å². The van der Waals surface area contributed by atoms with Gasteiger partial charge in [-0.2, -0.15) is 0 Å². The van der Waals surface area contributed by atoms with E-state index in [0.717, 1.165) is 11.8 Å². The van der Waals surface area contributed by atoms with Crippen molar-refractivity contribution < 1.29 is 9.34 Å². The third kappa shape index (κ3) is 3.41. The van der Waals surface area contributed by atoms with Crippen LogP contribution in [0.15, 0.2) is 44.7 Å². The van der Waals surface area contributed by atoms with Gasteiger partial charge in [0.05, 0.1) is 10.7 Å². The van der Waals surface area contributed by atoms with Crippen LogP contribution >= 0.6 is 11.8 Å². The molecule has 2 heterocycles. The van der Waals surface area contributed by atoms with Crippen LogP contribution in [0.2, 0.25) is 0 Å². The summed E-state index contributed by atoms with van der Waals surface area (Å²) in [7, 11) is 0. The van der Waals surface area contributed by atoms with Crippen molar-refractivity contribution in [3.63, 3.8) is 0 Å². The molecular formula is C13H10N6O4S. The van der Waals surface area contributed by atoms with E-state index in [-0.39, 0.29) is 40.2 Å². The maximum atomic E-state index is 11.3. The van der Waals surface area contributed by atoms with Gasteiger partial charge in [-0.25, -0.2) is 4.98 Å². The lowest BCUT2D eigenvalue weighted by Crippen LogP contribution is -2.09. The first-order chi connectivity index (χ1) is 11.5. The number of thioether (sulfide) groups is 1. The van der Waals surface area contributed by atoms with Gasteiger partial charge in [-0.3, -0.25) is 14.9 Å². The maximum Gasteiger partial charge on any atom is 0.282 e. The molecular weight excluding hydrogens is 336 g/mol. The second-order valence-electron chi connectivity index (χ2n) is 4.54. The highest BCUT2D eigenvalue weighted by Crippen LogP contribution is 2.29. The molecule has 24 heavy (non-hydrogen) atoms. The molecule has 0 radical (unpaired) electrons. The molecule has 0 aliphatic carbocycles. The van der Waals surface area contributed by atoms with Crippen LogP contribution in [0.25, 0.3) is 11.5 Å². The number of benzene rings is 1. The zero-order chi connectivity index (χ0) is 17.1. The van der Waals surface area contributed by atoms with E-state index in [1.165, 1.54) is 18.2 Å². The fraction of sp³-hybridized carbons (Fsp3) is 0.0769. The van der Waals surface area contributed by atoms with E-state index in [2.05, 4.69) is 20.2 Å². The van der Waals surface area contributed by atoms with Gasteiger partial charge in [-0.05, 0) is 6.07 Å². The number of nitrogens with one attached hydrogen (secondary N) is 1. The number of hydrogen-bond donors (Lipinski definition) is 2. The summed E-state index contributed by atoms with van der Waals surface area (Å²) in [4.78, 5) is 28.3. The van der Waals surface area contributed by atoms with Gasteiger partial charge >= 0.3 is 0 Å². The topological polar surface area (TPSA) is 154 Å². The number of nitrogens with two attached hydrogens (primary N) is 1. The minimum Gasteiger partial charge on any atom is -0.420 e. The van der Waals surface area contributed by atoms with E-state index in [1.54, 1.807) is 12.1 Å². The third-order valence-electron chi connectivity index (χ3n) is 2.87. The smallest absolute Gasteiger partial charge is 0.282 e. The van der Waals surface area contributed by atoms with E-state index in [1.807, 2.05) is 0 Å². The van der Waals surface area contributed by atoms with Crippen LogP contribution in [-0.2, 0) is 5.75 Å². The zero-order valence-electron chi connectivity index (χ0n) is 12.0. The maximum absolute atomic E-state index is 11.3. The van der Waals surface area contributed by atoms with Crippen molar-refractivity contribution in [2.45, 2.75) is 10.9 Å². The molecule has 0 spiro atoms. The Labute approximate surface area is 138 Å². The molecule has 0 unspecified atom stereocenters. The molecule has 0 aliphatic heterocycles. The molecule has 0 amide bonds. The first-order valence-electron chi connectivity index (χ1n) is 6.59. The number of hydrogen-bond acceptors (Lipinski definition) is 9. The lowest BCUT2D eigenvalue weighted by molar-refractivity contribution is -0.384. The Morgan fingerprint density at radius 1 is 1.33 bits per heavy atom. The summed E-state index contributed by atoms with van der Waals surface area (Å²) < 4.78 is 5.44. The highest BCUT2D eigenvalue weighted by atomic mass is 32.2. The Balaban J connectivity index is 1.79. The van der Waals surface area contributed by atoms with Gasteiger partial charge in [-0.15, -0.1) is 10.2 Å². The Bertz CT molecular complexity index is 953. The van der Waals surface area contributed by atoms with Gasteiger partial charge < -0.3 is 15.1 Å². The average Bonchev–Trinajstić information content (AvgIpc) is 3.01. The molecule has 0 fully saturated rings. The average molecular weight is 346 g/mol. The Kier molecular flexibility index (Phi) is 4.24. The third-order valence-corrected chi connectivity index (χ3v) is 3.73. The van der Waals surface area contributed by atoms with Gasteiger partial charge in [0.1, 0.15) is 11.4 Å². The number of para-hydroxylation sites is 1. The minimum atomic E-state index is -0.518. The molecule has 3 N–H and O–H groups in total. The predicted octanol–water partition coefficient (Wildman–Crippen LogP) is 1.60. The van der Waals surface area contributed by atoms with E-state index in [9.17, 15) is 14.9 Å². The van der Waals surface area contributed by atoms with Crippen LogP contribution in [0.5, 0.6) is 0 Å². The number of H-pyrrole nitrogens is 1. The largest absolute Gasteiger partial charge is 0.420 e. The van der Waals surface area contributed by atoms with Crippen LogP contribution in [-0.4, -0.2) is 25.1 Å². The van der Waals surface area contributed by atoms with Crippen LogP contribution in [0.3, 0.4) is 0 Å².